The van der Waals surface area contributed by atoms with Crippen molar-refractivity contribution in [3.8, 4) is 0 Å². The predicted molar refractivity (Wildman–Crippen MR) is 97.2 cm³/mol. The van der Waals surface area contributed by atoms with E-state index in [1.807, 2.05) is 13.8 Å². The normalized spacial score (nSPS) is 42.3. The molecule has 2 bridgehead atoms. The Labute approximate surface area is 166 Å². The first-order valence-corrected chi connectivity index (χ1v) is 9.29. The number of Topliss-reactive ketones (excluding diaryl/α,β-unsaturated/α-hetero) is 1. The van der Waals surface area contributed by atoms with Crippen molar-refractivity contribution in [3.05, 3.63) is 21.7 Å². The molecule has 0 unspecified atom stereocenters. The average molecular weight is 428 g/mol. The van der Waals surface area contributed by atoms with Crippen molar-refractivity contribution in [2.75, 3.05) is 14.2 Å². The van der Waals surface area contributed by atoms with Gasteiger partial charge in [-0.2, -0.15) is 0 Å². The van der Waals surface area contributed by atoms with Gasteiger partial charge in [0, 0.05) is 19.8 Å². The molecule has 0 aliphatic heterocycles. The fourth-order valence-electron chi connectivity index (χ4n) is 4.73. The van der Waals surface area contributed by atoms with E-state index in [1.165, 1.54) is 20.3 Å². The molecule has 0 amide bonds. The molecule has 0 spiro atoms. The van der Waals surface area contributed by atoms with Gasteiger partial charge in [-0.05, 0) is 18.9 Å². The lowest BCUT2D eigenvalue weighted by atomic mass is 9.60. The third kappa shape index (κ3) is 1.67. The summed E-state index contributed by atoms with van der Waals surface area (Å²) in [6.45, 7) is 5.23. The van der Waals surface area contributed by atoms with Crippen LogP contribution < -0.4 is 0 Å². The van der Waals surface area contributed by atoms with E-state index in [-0.39, 0.29) is 27.5 Å². The van der Waals surface area contributed by atoms with Crippen LogP contribution in [0.1, 0.15) is 20.8 Å². The van der Waals surface area contributed by atoms with E-state index in [0.717, 1.165) is 0 Å². The Morgan fingerprint density at radius 1 is 1.08 bits per heavy atom. The van der Waals surface area contributed by atoms with Crippen molar-refractivity contribution in [2.45, 2.75) is 36.3 Å². The molecule has 3 aliphatic carbocycles. The predicted octanol–water partition coefficient (Wildman–Crippen LogP) is 4.00. The number of hydrogen-bond acceptors (Lipinski definition) is 4. The number of methoxy groups -OCH3 is 2. The number of rotatable bonds is 3. The van der Waals surface area contributed by atoms with Gasteiger partial charge in [-0.15, -0.1) is 23.2 Å². The van der Waals surface area contributed by atoms with Crippen LogP contribution in [0.25, 0.3) is 0 Å². The van der Waals surface area contributed by atoms with Crippen molar-refractivity contribution in [3.63, 3.8) is 0 Å². The quantitative estimate of drug-likeness (QED) is 0.504. The summed E-state index contributed by atoms with van der Waals surface area (Å²) in [6.07, 6.45) is 1.34. The smallest absolute Gasteiger partial charge is 0.219 e. The minimum Gasteiger partial charge on any atom is -0.349 e. The zero-order valence-corrected chi connectivity index (χ0v) is 17.4. The van der Waals surface area contributed by atoms with Gasteiger partial charge in [0.25, 0.3) is 0 Å². The topological polar surface area (TPSA) is 52.6 Å². The Morgan fingerprint density at radius 3 is 2.04 bits per heavy atom. The summed E-state index contributed by atoms with van der Waals surface area (Å²) in [6, 6.07) is 0. The Balaban J connectivity index is 2.43. The summed E-state index contributed by atoms with van der Waals surface area (Å²) < 4.78 is 11.2. The van der Waals surface area contributed by atoms with Gasteiger partial charge in [-0.25, -0.2) is 0 Å². The summed E-state index contributed by atoms with van der Waals surface area (Å²) in [5, 5.41) is -0.0565. The Morgan fingerprint density at radius 2 is 1.60 bits per heavy atom. The Hall–Kier alpha value is -0.100. The van der Waals surface area contributed by atoms with Gasteiger partial charge >= 0.3 is 0 Å². The summed E-state index contributed by atoms with van der Waals surface area (Å²) >= 11 is 26.8. The number of alkyl halides is 2. The monoisotopic (exact) mass is 426 g/mol. The molecule has 3 rings (SSSR count). The van der Waals surface area contributed by atoms with Gasteiger partial charge in [0.2, 0.25) is 5.79 Å². The van der Waals surface area contributed by atoms with E-state index in [1.54, 1.807) is 6.92 Å². The first-order chi connectivity index (χ1) is 11.4. The number of ether oxygens (including phenoxy) is 2. The van der Waals surface area contributed by atoms with Crippen LogP contribution in [0.4, 0.5) is 0 Å². The highest BCUT2D eigenvalue weighted by Gasteiger charge is 2.91. The number of hydrogen-bond donors (Lipinski definition) is 0. The van der Waals surface area contributed by atoms with Crippen molar-refractivity contribution >= 4 is 58.0 Å². The number of ketones is 2. The molecule has 138 valence electrons. The molecule has 25 heavy (non-hydrogen) atoms. The number of carbonyl (C=O) groups is 2. The van der Waals surface area contributed by atoms with Crippen LogP contribution in [0.3, 0.4) is 0 Å². The van der Waals surface area contributed by atoms with E-state index in [4.69, 9.17) is 55.9 Å². The lowest BCUT2D eigenvalue weighted by molar-refractivity contribution is -0.222. The Kier molecular flexibility index (Phi) is 4.29. The molecule has 3 aliphatic rings. The fraction of sp³-hybridized carbons (Fsp3) is 0.647. The maximum Gasteiger partial charge on any atom is 0.219 e. The molecule has 0 heterocycles. The fourth-order valence-corrected chi connectivity index (χ4v) is 7.03. The van der Waals surface area contributed by atoms with Gasteiger partial charge < -0.3 is 9.47 Å². The molecule has 1 saturated carbocycles. The molecule has 4 atom stereocenters. The summed E-state index contributed by atoms with van der Waals surface area (Å²) in [5.41, 5.74) is -1.09. The summed E-state index contributed by atoms with van der Waals surface area (Å²) in [4.78, 5) is 23.0. The third-order valence-electron chi connectivity index (χ3n) is 5.98. The number of halogens is 4. The van der Waals surface area contributed by atoms with E-state index in [9.17, 15) is 9.59 Å². The molecular formula is C17H18Cl4O4. The number of carbonyl (C=O) groups excluding carboxylic acids is 2. The molecule has 0 aromatic carbocycles. The molecule has 0 N–H and O–H groups in total. The highest BCUT2D eigenvalue weighted by molar-refractivity contribution is 6.54. The second-order valence-corrected chi connectivity index (χ2v) is 9.06. The van der Waals surface area contributed by atoms with Crippen molar-refractivity contribution in [1.29, 1.82) is 0 Å². The first-order valence-electron chi connectivity index (χ1n) is 7.78. The van der Waals surface area contributed by atoms with E-state index in [0.29, 0.717) is 5.57 Å². The van der Waals surface area contributed by atoms with Crippen LogP contribution in [0.5, 0.6) is 0 Å². The molecule has 4 nitrogen and oxygen atoms in total. The minimum atomic E-state index is -1.78. The van der Waals surface area contributed by atoms with Gasteiger partial charge in [-0.3, -0.25) is 9.59 Å². The third-order valence-corrected chi connectivity index (χ3v) is 8.72. The second-order valence-electron chi connectivity index (χ2n) is 7.14. The van der Waals surface area contributed by atoms with Crippen LogP contribution in [-0.4, -0.2) is 41.3 Å². The molecule has 0 saturated heterocycles. The van der Waals surface area contributed by atoms with Crippen LogP contribution >= 0.6 is 46.4 Å². The largest absolute Gasteiger partial charge is 0.349 e. The highest BCUT2D eigenvalue weighted by atomic mass is 35.5. The maximum absolute atomic E-state index is 13.3. The molecule has 0 aromatic heterocycles. The number of fused-ring (bicyclic) bond motifs is 5. The Bertz CT molecular complexity index is 754. The lowest BCUT2D eigenvalue weighted by Gasteiger charge is -2.46. The summed E-state index contributed by atoms with van der Waals surface area (Å²) in [5.74, 6) is -3.65. The first kappa shape index (κ1) is 19.7. The van der Waals surface area contributed by atoms with E-state index < -0.39 is 26.9 Å². The maximum atomic E-state index is 13.3. The second kappa shape index (κ2) is 5.46. The SMILES string of the molecule is COC1(OC)[C@]2(Cl)C(Cl)=C(Cl)[C@@]1(Cl)[C@@]1(C)C(=O)C=C(C(C)C)C(=O)[C@H]12. The van der Waals surface area contributed by atoms with Gasteiger partial charge in [-0.1, -0.05) is 37.0 Å². The van der Waals surface area contributed by atoms with Crippen molar-refractivity contribution in [2.24, 2.45) is 17.3 Å². The standard InChI is InChI=1S/C17H18Cl4O4/c1-7(2)8-6-9(22)14(3)11(10(8)23)15(20)12(18)13(19)16(14,21)17(15,24-4)25-5/h6-7,11H,1-5H3/t11-,14+,15-,16-/m1/s1. The lowest BCUT2D eigenvalue weighted by Crippen LogP contribution is -2.60. The highest BCUT2D eigenvalue weighted by Crippen LogP contribution is 2.79. The zero-order valence-electron chi connectivity index (χ0n) is 14.4. The average Bonchev–Trinajstić information content (AvgIpc) is 2.78. The van der Waals surface area contributed by atoms with E-state index in [2.05, 4.69) is 0 Å². The van der Waals surface area contributed by atoms with Gasteiger partial charge in [0.1, 0.15) is 4.87 Å². The van der Waals surface area contributed by atoms with Crippen LogP contribution in [0.2, 0.25) is 0 Å². The number of allylic oxidation sites excluding steroid dienone is 2. The molecule has 0 aromatic rings. The molecule has 1 fully saturated rings. The van der Waals surface area contributed by atoms with E-state index >= 15 is 0 Å². The summed E-state index contributed by atoms with van der Waals surface area (Å²) in [7, 11) is 2.67. The minimum absolute atomic E-state index is 0.0248. The molecular weight excluding hydrogens is 410 g/mol. The van der Waals surface area contributed by atoms with Gasteiger partial charge in [0.05, 0.1) is 21.4 Å². The molecule has 8 heteroatoms. The zero-order chi connectivity index (χ0) is 19.2. The van der Waals surface area contributed by atoms with Crippen molar-refractivity contribution < 1.29 is 19.1 Å². The van der Waals surface area contributed by atoms with Crippen molar-refractivity contribution in [1.82, 2.24) is 0 Å². The molecule has 0 radical (unpaired) electrons. The van der Waals surface area contributed by atoms with Crippen LogP contribution in [-0.2, 0) is 19.1 Å². The van der Waals surface area contributed by atoms with Crippen LogP contribution in [0.15, 0.2) is 21.7 Å². The van der Waals surface area contributed by atoms with Gasteiger partial charge in [0.15, 0.2) is 16.4 Å². The van der Waals surface area contributed by atoms with Crippen LogP contribution in [0, 0.1) is 17.3 Å².